The molecule has 0 spiro atoms. The van der Waals surface area contributed by atoms with E-state index in [0.717, 1.165) is 44.7 Å². The second kappa shape index (κ2) is 12.9. The minimum Gasteiger partial charge on any atom is -0.490 e. The van der Waals surface area contributed by atoms with E-state index in [1.165, 1.54) is 24.2 Å². The number of carbonyl (C=O) groups is 1. The summed E-state index contributed by atoms with van der Waals surface area (Å²) in [5, 5.41) is 3.42. The van der Waals surface area contributed by atoms with E-state index in [1.807, 2.05) is 6.92 Å². The van der Waals surface area contributed by atoms with Gasteiger partial charge in [-0.25, -0.2) is 14.2 Å². The molecular formula is C27H32ClFN6O3. The van der Waals surface area contributed by atoms with E-state index < -0.39 is 11.9 Å². The SMILES string of the molecule is Cc1ccc(Cl)cc1OC(=O)N(C)c1ccnc(Nc2ccc(OCCCN3CCN(C)CC3)c(F)c2)n1. The summed E-state index contributed by atoms with van der Waals surface area (Å²) < 4.78 is 25.8. The van der Waals surface area contributed by atoms with Crippen LogP contribution in [0.1, 0.15) is 12.0 Å². The second-order valence-electron chi connectivity index (χ2n) is 9.19. The van der Waals surface area contributed by atoms with Crippen molar-refractivity contribution in [2.45, 2.75) is 13.3 Å². The lowest BCUT2D eigenvalue weighted by molar-refractivity contribution is 0.145. The average molecular weight is 543 g/mol. The predicted octanol–water partition coefficient (Wildman–Crippen LogP) is 4.97. The van der Waals surface area contributed by atoms with Crippen LogP contribution in [0.5, 0.6) is 11.5 Å². The number of carbonyl (C=O) groups excluding carboxylic acids is 1. The predicted molar refractivity (Wildman–Crippen MR) is 146 cm³/mol. The second-order valence-corrected chi connectivity index (χ2v) is 9.63. The van der Waals surface area contributed by atoms with E-state index in [9.17, 15) is 9.18 Å². The van der Waals surface area contributed by atoms with Crippen LogP contribution in [0.25, 0.3) is 0 Å². The summed E-state index contributed by atoms with van der Waals surface area (Å²) in [4.78, 5) is 27.1. The van der Waals surface area contributed by atoms with Crippen LogP contribution in [0.2, 0.25) is 5.02 Å². The summed E-state index contributed by atoms with van der Waals surface area (Å²) in [5.74, 6) is 0.568. The van der Waals surface area contributed by atoms with Crippen LogP contribution in [0.4, 0.5) is 26.6 Å². The molecule has 0 bridgehead atoms. The Balaban J connectivity index is 1.30. The van der Waals surface area contributed by atoms with Crippen molar-refractivity contribution in [1.29, 1.82) is 0 Å². The number of benzene rings is 2. The van der Waals surface area contributed by atoms with E-state index in [2.05, 4.69) is 32.1 Å². The number of ether oxygens (including phenoxy) is 2. The highest BCUT2D eigenvalue weighted by atomic mass is 35.5. The first-order valence-corrected chi connectivity index (χ1v) is 12.8. The lowest BCUT2D eigenvalue weighted by Crippen LogP contribution is -2.44. The zero-order chi connectivity index (χ0) is 27.1. The Bertz CT molecular complexity index is 1260. The molecule has 0 atom stereocenters. The minimum atomic E-state index is -0.639. The molecule has 3 aromatic rings. The topological polar surface area (TPSA) is 83.1 Å². The molecule has 2 heterocycles. The Morgan fingerprint density at radius 3 is 2.68 bits per heavy atom. The van der Waals surface area contributed by atoms with Gasteiger partial charge in [0.1, 0.15) is 11.6 Å². The number of likely N-dealkylation sites (N-methyl/N-ethyl adjacent to an activating group) is 1. The summed E-state index contributed by atoms with van der Waals surface area (Å²) >= 11 is 6.01. The van der Waals surface area contributed by atoms with Crippen molar-refractivity contribution >= 4 is 35.1 Å². The lowest BCUT2D eigenvalue weighted by atomic mass is 10.2. The van der Waals surface area contributed by atoms with Crippen LogP contribution in [0.15, 0.2) is 48.7 Å². The van der Waals surface area contributed by atoms with Crippen LogP contribution >= 0.6 is 11.6 Å². The molecule has 0 radical (unpaired) electrons. The van der Waals surface area contributed by atoms with E-state index >= 15 is 0 Å². The van der Waals surface area contributed by atoms with Gasteiger partial charge in [-0.15, -0.1) is 0 Å². The number of amides is 1. The number of aromatic nitrogens is 2. The van der Waals surface area contributed by atoms with Crippen molar-refractivity contribution in [3.8, 4) is 11.5 Å². The quantitative estimate of drug-likeness (QED) is 0.379. The van der Waals surface area contributed by atoms with Gasteiger partial charge in [-0.1, -0.05) is 17.7 Å². The first kappa shape index (κ1) is 27.6. The third-order valence-electron chi connectivity index (χ3n) is 6.27. The number of nitrogens with zero attached hydrogens (tertiary/aromatic N) is 5. The van der Waals surface area contributed by atoms with Crippen LogP contribution in [0.3, 0.4) is 0 Å². The molecule has 1 N–H and O–H groups in total. The standard InChI is InChI=1S/C27H32ClFN6O3/c1-19-5-6-20(28)17-24(19)38-27(36)34(3)25-9-10-30-26(32-25)31-21-7-8-23(22(29)18-21)37-16-4-11-35-14-12-33(2)13-15-35/h5-10,17-18H,4,11-16H2,1-3H3,(H,30,31,32). The highest BCUT2D eigenvalue weighted by Gasteiger charge is 2.17. The molecule has 2 aromatic carbocycles. The molecule has 4 rings (SSSR count). The van der Waals surface area contributed by atoms with E-state index in [4.69, 9.17) is 21.1 Å². The van der Waals surface area contributed by atoms with Crippen molar-refractivity contribution in [2.24, 2.45) is 0 Å². The maximum absolute atomic E-state index is 14.7. The Morgan fingerprint density at radius 1 is 1.13 bits per heavy atom. The van der Waals surface area contributed by atoms with Crippen LogP contribution < -0.4 is 19.7 Å². The van der Waals surface area contributed by atoms with E-state index in [0.29, 0.717) is 28.9 Å². The van der Waals surface area contributed by atoms with Gasteiger partial charge < -0.3 is 24.6 Å². The van der Waals surface area contributed by atoms with Crippen molar-refractivity contribution < 1.29 is 18.7 Å². The number of halogens is 2. The summed E-state index contributed by atoms with van der Waals surface area (Å²) in [5.41, 5.74) is 1.22. The molecule has 9 nitrogen and oxygen atoms in total. The summed E-state index contributed by atoms with van der Waals surface area (Å²) in [6.07, 6.45) is 1.68. The van der Waals surface area contributed by atoms with Crippen molar-refractivity contribution in [3.63, 3.8) is 0 Å². The number of rotatable bonds is 9. The molecule has 0 aliphatic carbocycles. The third kappa shape index (κ3) is 7.53. The van der Waals surface area contributed by atoms with Gasteiger partial charge in [0.25, 0.3) is 0 Å². The fourth-order valence-corrected chi connectivity index (χ4v) is 4.06. The minimum absolute atomic E-state index is 0.196. The van der Waals surface area contributed by atoms with Gasteiger partial charge in [0.2, 0.25) is 5.95 Å². The number of nitrogens with one attached hydrogen (secondary N) is 1. The highest BCUT2D eigenvalue weighted by Crippen LogP contribution is 2.25. The fourth-order valence-electron chi connectivity index (χ4n) is 3.90. The van der Waals surface area contributed by atoms with Crippen LogP contribution in [-0.4, -0.2) is 79.3 Å². The first-order valence-electron chi connectivity index (χ1n) is 12.4. The molecule has 1 saturated heterocycles. The number of anilines is 3. The Labute approximate surface area is 227 Å². The molecule has 1 aliphatic heterocycles. The molecule has 38 heavy (non-hydrogen) atoms. The number of aryl methyl sites for hydroxylation is 1. The maximum Gasteiger partial charge on any atom is 0.420 e. The molecule has 202 valence electrons. The molecule has 1 aliphatic rings. The summed E-state index contributed by atoms with van der Waals surface area (Å²) in [6.45, 7) is 7.43. The number of hydrogen-bond donors (Lipinski definition) is 1. The van der Waals surface area contributed by atoms with Gasteiger partial charge in [0, 0.05) is 62.7 Å². The Kier molecular flexibility index (Phi) is 9.33. The molecule has 1 fully saturated rings. The molecular weight excluding hydrogens is 511 g/mol. The molecule has 1 aromatic heterocycles. The van der Waals surface area contributed by atoms with Crippen molar-refractivity contribution in [2.75, 3.05) is 63.6 Å². The summed E-state index contributed by atoms with van der Waals surface area (Å²) in [7, 11) is 3.66. The van der Waals surface area contributed by atoms with E-state index in [-0.39, 0.29) is 11.7 Å². The van der Waals surface area contributed by atoms with Crippen molar-refractivity contribution in [3.05, 3.63) is 65.1 Å². The number of piperazine rings is 1. The molecule has 0 saturated carbocycles. The maximum atomic E-state index is 14.7. The largest absolute Gasteiger partial charge is 0.490 e. The third-order valence-corrected chi connectivity index (χ3v) is 6.50. The van der Waals surface area contributed by atoms with E-state index in [1.54, 1.807) is 36.4 Å². The average Bonchev–Trinajstić information content (AvgIpc) is 2.90. The number of hydrogen-bond acceptors (Lipinski definition) is 8. The monoisotopic (exact) mass is 542 g/mol. The molecule has 11 heteroatoms. The van der Waals surface area contributed by atoms with Gasteiger partial charge in [-0.05, 0) is 56.3 Å². The Morgan fingerprint density at radius 2 is 1.92 bits per heavy atom. The smallest absolute Gasteiger partial charge is 0.420 e. The highest BCUT2D eigenvalue weighted by molar-refractivity contribution is 6.30. The fraction of sp³-hybridized carbons (Fsp3) is 0.370. The lowest BCUT2D eigenvalue weighted by Gasteiger charge is -2.32. The van der Waals surface area contributed by atoms with Crippen molar-refractivity contribution in [1.82, 2.24) is 19.8 Å². The molecule has 1 amide bonds. The first-order chi connectivity index (χ1) is 18.3. The van der Waals surface area contributed by atoms with Gasteiger partial charge in [0.05, 0.1) is 6.61 Å². The van der Waals surface area contributed by atoms with Gasteiger partial charge in [-0.2, -0.15) is 4.98 Å². The van der Waals surface area contributed by atoms with Crippen LogP contribution in [0, 0.1) is 12.7 Å². The molecule has 0 unspecified atom stereocenters. The van der Waals surface area contributed by atoms with Gasteiger partial charge >= 0.3 is 6.09 Å². The summed E-state index contributed by atoms with van der Waals surface area (Å²) in [6, 6.07) is 11.2. The van der Waals surface area contributed by atoms with Gasteiger partial charge in [-0.3, -0.25) is 4.90 Å². The zero-order valence-corrected chi connectivity index (χ0v) is 22.5. The van der Waals surface area contributed by atoms with Gasteiger partial charge in [0.15, 0.2) is 11.6 Å². The normalized spacial score (nSPS) is 14.2. The van der Waals surface area contributed by atoms with Crippen LogP contribution in [-0.2, 0) is 0 Å². The Hall–Kier alpha value is -3.47. The zero-order valence-electron chi connectivity index (χ0n) is 21.8.